The minimum atomic E-state index is -0.198. The van der Waals surface area contributed by atoms with Crippen LogP contribution >= 0.6 is 11.8 Å². The largest absolute Gasteiger partial charge is 0.496 e. The van der Waals surface area contributed by atoms with Crippen LogP contribution in [0.15, 0.2) is 41.3 Å². The Balaban J connectivity index is 1.34. The molecule has 35 heavy (non-hydrogen) atoms. The number of benzene rings is 1. The van der Waals surface area contributed by atoms with Gasteiger partial charge in [0.1, 0.15) is 11.3 Å². The van der Waals surface area contributed by atoms with Crippen LogP contribution in [0, 0.1) is 0 Å². The average molecular weight is 495 g/mol. The lowest BCUT2D eigenvalue weighted by atomic mass is 10.1. The second kappa shape index (κ2) is 10.2. The van der Waals surface area contributed by atoms with Gasteiger partial charge in [0.2, 0.25) is 5.91 Å². The summed E-state index contributed by atoms with van der Waals surface area (Å²) in [5, 5.41) is 1.14. The fraction of sp³-hybridized carbons (Fsp3) is 0.423. The molecular formula is C26H30N4O4S. The first kappa shape index (κ1) is 23.5. The van der Waals surface area contributed by atoms with E-state index in [4.69, 9.17) is 4.74 Å². The van der Waals surface area contributed by atoms with Crippen molar-refractivity contribution < 1.29 is 14.3 Å². The predicted molar refractivity (Wildman–Crippen MR) is 137 cm³/mol. The summed E-state index contributed by atoms with van der Waals surface area (Å²) in [6.45, 7) is 2.65. The number of aryl methyl sites for hydroxylation is 1. The van der Waals surface area contributed by atoms with Gasteiger partial charge in [0.05, 0.1) is 7.11 Å². The summed E-state index contributed by atoms with van der Waals surface area (Å²) in [7, 11) is 1.49. The van der Waals surface area contributed by atoms with E-state index >= 15 is 0 Å². The highest BCUT2D eigenvalue weighted by Crippen LogP contribution is 2.26. The van der Waals surface area contributed by atoms with Crippen LogP contribution < -0.4 is 10.3 Å². The first-order valence-corrected chi connectivity index (χ1v) is 13.2. The number of ether oxygens (including phenoxy) is 1. The van der Waals surface area contributed by atoms with Crippen molar-refractivity contribution in [1.82, 2.24) is 19.4 Å². The van der Waals surface area contributed by atoms with Gasteiger partial charge in [0.25, 0.3) is 11.5 Å². The molecule has 1 aromatic carbocycles. The summed E-state index contributed by atoms with van der Waals surface area (Å²) >= 11 is 1.84. The van der Waals surface area contributed by atoms with Crippen LogP contribution in [-0.4, -0.2) is 76.0 Å². The molecule has 2 aliphatic heterocycles. The molecule has 8 nitrogen and oxygen atoms in total. The lowest BCUT2D eigenvalue weighted by Gasteiger charge is -2.28. The summed E-state index contributed by atoms with van der Waals surface area (Å²) in [4.78, 5) is 46.4. The van der Waals surface area contributed by atoms with Crippen LogP contribution in [-0.2, 0) is 24.2 Å². The number of para-hydroxylation sites is 1. The van der Waals surface area contributed by atoms with Gasteiger partial charge in [0.15, 0.2) is 0 Å². The SMILES string of the molecule is COc1cc(=O)n2c(c1C(=O)N1CCSCC1)CCN(C(=O)CCc1c[nH]c3ccccc13)CC2. The monoisotopic (exact) mass is 494 g/mol. The first-order chi connectivity index (χ1) is 17.1. The molecule has 0 bridgehead atoms. The smallest absolute Gasteiger partial charge is 0.259 e. The number of pyridine rings is 1. The Hall–Kier alpha value is -3.20. The molecule has 0 unspecified atom stereocenters. The molecule has 0 saturated carbocycles. The fourth-order valence-electron chi connectivity index (χ4n) is 5.05. The summed E-state index contributed by atoms with van der Waals surface area (Å²) in [5.41, 5.74) is 3.13. The Kier molecular flexibility index (Phi) is 6.86. The number of rotatable bonds is 5. The zero-order valence-corrected chi connectivity index (χ0v) is 20.7. The highest BCUT2D eigenvalue weighted by atomic mass is 32.2. The quantitative estimate of drug-likeness (QED) is 0.589. The van der Waals surface area contributed by atoms with Crippen LogP contribution in [0.5, 0.6) is 5.75 Å². The molecule has 0 radical (unpaired) electrons. The highest BCUT2D eigenvalue weighted by Gasteiger charge is 2.29. The van der Waals surface area contributed by atoms with Gasteiger partial charge < -0.3 is 24.1 Å². The van der Waals surface area contributed by atoms with Crippen LogP contribution in [0.25, 0.3) is 10.9 Å². The normalized spacial score (nSPS) is 16.1. The minimum Gasteiger partial charge on any atom is -0.496 e. The summed E-state index contributed by atoms with van der Waals surface area (Å²) in [6, 6.07) is 9.49. The topological polar surface area (TPSA) is 87.6 Å². The van der Waals surface area contributed by atoms with Crippen LogP contribution in [0.2, 0.25) is 0 Å². The highest BCUT2D eigenvalue weighted by molar-refractivity contribution is 7.99. The summed E-state index contributed by atoms with van der Waals surface area (Å²) < 4.78 is 7.14. The zero-order chi connectivity index (χ0) is 24.4. The molecule has 2 amide bonds. The number of carbonyl (C=O) groups excluding carboxylic acids is 2. The van der Waals surface area contributed by atoms with Crippen LogP contribution in [0.1, 0.15) is 28.0 Å². The molecule has 3 aromatic rings. The summed E-state index contributed by atoms with van der Waals surface area (Å²) in [6.07, 6.45) is 3.46. The number of amides is 2. The van der Waals surface area contributed by atoms with Crippen molar-refractivity contribution >= 4 is 34.5 Å². The first-order valence-electron chi connectivity index (χ1n) is 12.1. The van der Waals surface area contributed by atoms with E-state index in [1.165, 1.54) is 13.2 Å². The van der Waals surface area contributed by atoms with Gasteiger partial charge in [-0.3, -0.25) is 14.4 Å². The Morgan fingerprint density at radius 1 is 1.06 bits per heavy atom. The average Bonchev–Trinajstić information content (AvgIpc) is 3.17. The van der Waals surface area contributed by atoms with Crippen molar-refractivity contribution in [3.05, 3.63) is 63.7 Å². The third-order valence-corrected chi connectivity index (χ3v) is 7.90. The van der Waals surface area contributed by atoms with Crippen molar-refractivity contribution in [2.45, 2.75) is 25.8 Å². The molecule has 2 aromatic heterocycles. The van der Waals surface area contributed by atoms with Crippen LogP contribution in [0.3, 0.4) is 0 Å². The number of hydrogen-bond donors (Lipinski definition) is 1. The Bertz CT molecular complexity index is 1310. The van der Waals surface area contributed by atoms with Crippen molar-refractivity contribution in [2.75, 3.05) is 44.8 Å². The van der Waals surface area contributed by atoms with Gasteiger partial charge in [-0.25, -0.2) is 0 Å². The minimum absolute atomic E-state index is 0.0593. The number of nitrogens with one attached hydrogen (secondary N) is 1. The molecule has 1 fully saturated rings. The molecule has 4 heterocycles. The van der Waals surface area contributed by atoms with Gasteiger partial charge >= 0.3 is 0 Å². The third kappa shape index (κ3) is 4.69. The lowest BCUT2D eigenvalue weighted by Crippen LogP contribution is -2.39. The zero-order valence-electron chi connectivity index (χ0n) is 19.9. The van der Waals surface area contributed by atoms with E-state index < -0.39 is 0 Å². The third-order valence-electron chi connectivity index (χ3n) is 6.96. The molecule has 1 saturated heterocycles. The van der Waals surface area contributed by atoms with E-state index in [0.717, 1.165) is 28.0 Å². The van der Waals surface area contributed by atoms with E-state index in [9.17, 15) is 14.4 Å². The fourth-order valence-corrected chi connectivity index (χ4v) is 5.96. The van der Waals surface area contributed by atoms with Gasteiger partial charge in [-0.05, 0) is 18.1 Å². The number of carbonyl (C=O) groups is 2. The number of aromatic nitrogens is 2. The number of nitrogens with zero attached hydrogens (tertiary/aromatic N) is 3. The van der Waals surface area contributed by atoms with Gasteiger partial charge in [-0.1, -0.05) is 18.2 Å². The number of aromatic amines is 1. The Morgan fingerprint density at radius 3 is 2.66 bits per heavy atom. The van der Waals surface area contributed by atoms with E-state index in [2.05, 4.69) is 11.1 Å². The van der Waals surface area contributed by atoms with E-state index in [-0.39, 0.29) is 17.4 Å². The van der Waals surface area contributed by atoms with E-state index in [1.54, 1.807) is 4.57 Å². The molecule has 9 heteroatoms. The van der Waals surface area contributed by atoms with Gasteiger partial charge in [-0.15, -0.1) is 0 Å². The maximum absolute atomic E-state index is 13.5. The van der Waals surface area contributed by atoms with Crippen molar-refractivity contribution in [3.8, 4) is 5.75 Å². The van der Waals surface area contributed by atoms with Gasteiger partial charge in [-0.2, -0.15) is 11.8 Å². The van der Waals surface area contributed by atoms with E-state index in [0.29, 0.717) is 69.0 Å². The maximum atomic E-state index is 13.5. The molecule has 5 rings (SSSR count). The number of methoxy groups -OCH3 is 1. The van der Waals surface area contributed by atoms with Crippen molar-refractivity contribution in [2.24, 2.45) is 0 Å². The Labute approximate surface area is 208 Å². The molecule has 0 spiro atoms. The molecule has 1 N–H and O–H groups in total. The molecule has 0 aliphatic carbocycles. The second-order valence-corrected chi connectivity index (χ2v) is 10.1. The van der Waals surface area contributed by atoms with Crippen molar-refractivity contribution in [3.63, 3.8) is 0 Å². The maximum Gasteiger partial charge on any atom is 0.259 e. The van der Waals surface area contributed by atoms with E-state index in [1.807, 2.05) is 46.0 Å². The molecular weight excluding hydrogens is 464 g/mol. The summed E-state index contributed by atoms with van der Waals surface area (Å²) in [5.74, 6) is 2.10. The molecule has 2 aliphatic rings. The standard InChI is InChI=1S/C26H30N4O4S/c1-34-22-16-24(32)30-11-10-28(9-8-21(30)25(22)26(33)29-12-14-35-15-13-29)23(31)7-6-18-17-27-20-5-3-2-4-19(18)20/h2-5,16-17,27H,6-15H2,1H3. The lowest BCUT2D eigenvalue weighted by molar-refractivity contribution is -0.131. The number of thioether (sulfide) groups is 1. The molecule has 0 atom stereocenters. The second-order valence-electron chi connectivity index (χ2n) is 8.92. The predicted octanol–water partition coefficient (Wildman–Crippen LogP) is 2.54. The van der Waals surface area contributed by atoms with Crippen molar-refractivity contribution in [1.29, 1.82) is 0 Å². The Morgan fingerprint density at radius 2 is 1.86 bits per heavy atom. The number of fused-ring (bicyclic) bond motifs is 2. The van der Waals surface area contributed by atoms with Crippen LogP contribution in [0.4, 0.5) is 0 Å². The van der Waals surface area contributed by atoms with Gasteiger partial charge in [0, 0.05) is 85.9 Å². The molecule has 184 valence electrons. The number of hydrogen-bond acceptors (Lipinski definition) is 5. The number of H-pyrrole nitrogens is 1.